The molecule has 2 aromatic carbocycles. The highest BCUT2D eigenvalue weighted by Crippen LogP contribution is 2.32. The third kappa shape index (κ3) is 4.98. The van der Waals surface area contributed by atoms with Crippen LogP contribution in [-0.2, 0) is 0 Å². The Morgan fingerprint density at radius 2 is 2.03 bits per heavy atom. The smallest absolute Gasteiger partial charge is 0.317 e. The number of aromatic nitrogens is 1. The summed E-state index contributed by atoms with van der Waals surface area (Å²) in [6.45, 7) is 4.19. The summed E-state index contributed by atoms with van der Waals surface area (Å²) in [6, 6.07) is 11.8. The summed E-state index contributed by atoms with van der Waals surface area (Å²) >= 11 is 6.23. The number of carbonyl (C=O) groups excluding carboxylic acids is 1. The lowest BCUT2D eigenvalue weighted by Gasteiger charge is -2.23. The summed E-state index contributed by atoms with van der Waals surface area (Å²) in [5, 5.41) is 4.28. The Bertz CT molecular complexity index is 1140. The van der Waals surface area contributed by atoms with Crippen LogP contribution in [0.25, 0.3) is 16.6 Å². The van der Waals surface area contributed by atoms with Crippen LogP contribution in [-0.4, -0.2) is 66.3 Å². The van der Waals surface area contributed by atoms with Crippen LogP contribution in [0.5, 0.6) is 5.75 Å². The first-order chi connectivity index (χ1) is 15.5. The number of hydrogen-bond donors (Lipinski definition) is 1. The van der Waals surface area contributed by atoms with Gasteiger partial charge in [0.1, 0.15) is 18.2 Å². The van der Waals surface area contributed by atoms with E-state index in [0.29, 0.717) is 56.6 Å². The third-order valence-electron chi connectivity index (χ3n) is 5.45. The number of urea groups is 1. The summed E-state index contributed by atoms with van der Waals surface area (Å²) in [4.78, 5) is 15.6. The monoisotopic (exact) mass is 454 g/mol. The number of terminal acetylenes is 1. The van der Waals surface area contributed by atoms with Gasteiger partial charge in [-0.1, -0.05) is 17.5 Å². The molecule has 0 atom stereocenters. The molecule has 32 heavy (non-hydrogen) atoms. The van der Waals surface area contributed by atoms with Gasteiger partial charge in [0.05, 0.1) is 18.3 Å². The molecule has 4 rings (SSSR count). The van der Waals surface area contributed by atoms with Gasteiger partial charge >= 0.3 is 6.03 Å². The van der Waals surface area contributed by atoms with Crippen molar-refractivity contribution >= 4 is 28.5 Å². The number of benzene rings is 2. The number of rotatable bonds is 9. The van der Waals surface area contributed by atoms with Gasteiger partial charge < -0.3 is 19.5 Å². The molecule has 0 spiro atoms. The van der Waals surface area contributed by atoms with E-state index in [2.05, 4.69) is 16.1 Å². The van der Waals surface area contributed by atoms with Crippen LogP contribution in [0, 0.1) is 18.2 Å². The predicted molar refractivity (Wildman–Crippen MR) is 124 cm³/mol. The largest absolute Gasteiger partial charge is 0.490 e. The highest BCUT2D eigenvalue weighted by Gasteiger charge is 2.20. The molecule has 0 aliphatic carbocycles. The van der Waals surface area contributed by atoms with Crippen molar-refractivity contribution < 1.29 is 13.9 Å². The van der Waals surface area contributed by atoms with Crippen molar-refractivity contribution in [2.75, 3.05) is 45.9 Å². The number of carbonyl (C=O) groups is 1. The van der Waals surface area contributed by atoms with Gasteiger partial charge in [0, 0.05) is 48.8 Å². The molecule has 6 nitrogen and oxygen atoms in total. The lowest BCUT2D eigenvalue weighted by atomic mass is 10.2. The molecule has 0 unspecified atom stereocenters. The van der Waals surface area contributed by atoms with E-state index >= 15 is 0 Å². The van der Waals surface area contributed by atoms with Gasteiger partial charge in [0.25, 0.3) is 0 Å². The number of nitrogens with one attached hydrogen (secondary N) is 1. The van der Waals surface area contributed by atoms with Crippen LogP contribution in [0.4, 0.5) is 9.18 Å². The fourth-order valence-corrected chi connectivity index (χ4v) is 3.94. The Kier molecular flexibility index (Phi) is 6.84. The fraction of sp³-hybridized carbons (Fsp3) is 0.292. The summed E-state index contributed by atoms with van der Waals surface area (Å²) in [6.07, 6.45) is 7.41. The van der Waals surface area contributed by atoms with E-state index in [9.17, 15) is 9.18 Å². The van der Waals surface area contributed by atoms with Crippen molar-refractivity contribution in [3.05, 3.63) is 59.5 Å². The second-order valence-corrected chi connectivity index (χ2v) is 7.99. The number of nitrogens with zero attached hydrogens (tertiary/aromatic N) is 3. The van der Waals surface area contributed by atoms with Crippen molar-refractivity contribution in [1.29, 1.82) is 0 Å². The number of fused-ring (bicyclic) bond motifs is 1. The minimum Gasteiger partial charge on any atom is -0.490 e. The molecule has 1 saturated heterocycles. The quantitative estimate of drug-likeness (QED) is 0.501. The topological polar surface area (TPSA) is 49.7 Å². The molecule has 0 bridgehead atoms. The number of amides is 2. The molecule has 1 aliphatic heterocycles. The first-order valence-corrected chi connectivity index (χ1v) is 10.8. The molecule has 0 radical (unpaired) electrons. The van der Waals surface area contributed by atoms with E-state index < -0.39 is 0 Å². The summed E-state index contributed by atoms with van der Waals surface area (Å²) < 4.78 is 21.4. The number of hydrogen-bond acceptors (Lipinski definition) is 3. The Morgan fingerprint density at radius 1 is 1.22 bits per heavy atom. The number of ether oxygens (including phenoxy) is 1. The second-order valence-electron chi connectivity index (χ2n) is 7.55. The summed E-state index contributed by atoms with van der Waals surface area (Å²) in [5.41, 5.74) is 1.74. The standard InChI is InChI=1S/C24H24ClFN4O2/c1-2-10-28(12-13-29-11-9-27-24(29)31)14-15-32-23-17-30(20-6-4-19(26)5-7-20)22-8-3-18(25)16-21(22)23/h1,3-8,16-17H,9-15H2,(H,27,31). The molecule has 2 amide bonds. The molecule has 0 saturated carbocycles. The van der Waals surface area contributed by atoms with Crippen molar-refractivity contribution in [3.63, 3.8) is 0 Å². The number of halogens is 2. The maximum atomic E-state index is 13.4. The highest BCUT2D eigenvalue weighted by atomic mass is 35.5. The lowest BCUT2D eigenvalue weighted by molar-refractivity contribution is 0.193. The molecule has 1 aliphatic rings. The third-order valence-corrected chi connectivity index (χ3v) is 5.68. The molecular formula is C24H24ClFN4O2. The van der Waals surface area contributed by atoms with E-state index in [1.165, 1.54) is 12.1 Å². The Hall–Kier alpha value is -3.21. The first kappa shape index (κ1) is 22.0. The molecule has 3 aromatic rings. The van der Waals surface area contributed by atoms with E-state index in [1.54, 1.807) is 17.0 Å². The second kappa shape index (κ2) is 9.94. The molecule has 1 fully saturated rings. The molecule has 2 heterocycles. The maximum absolute atomic E-state index is 13.4. The molecule has 166 valence electrons. The van der Waals surface area contributed by atoms with Crippen molar-refractivity contribution in [3.8, 4) is 23.8 Å². The summed E-state index contributed by atoms with van der Waals surface area (Å²) in [5.74, 6) is 3.07. The fourth-order valence-electron chi connectivity index (χ4n) is 3.77. The zero-order chi connectivity index (χ0) is 22.5. The average molecular weight is 455 g/mol. The van der Waals surface area contributed by atoms with Crippen LogP contribution >= 0.6 is 11.6 Å². The van der Waals surface area contributed by atoms with E-state index in [0.717, 1.165) is 16.6 Å². The Balaban J connectivity index is 1.46. The highest BCUT2D eigenvalue weighted by molar-refractivity contribution is 6.31. The van der Waals surface area contributed by atoms with Gasteiger partial charge in [-0.2, -0.15) is 0 Å². The van der Waals surface area contributed by atoms with Gasteiger partial charge in [-0.05, 0) is 42.5 Å². The van der Waals surface area contributed by atoms with Crippen LogP contribution < -0.4 is 10.1 Å². The molecule has 1 aromatic heterocycles. The average Bonchev–Trinajstić information content (AvgIpc) is 3.35. The van der Waals surface area contributed by atoms with Crippen molar-refractivity contribution in [2.45, 2.75) is 0 Å². The maximum Gasteiger partial charge on any atom is 0.317 e. The Morgan fingerprint density at radius 3 is 2.75 bits per heavy atom. The van der Waals surface area contributed by atoms with Gasteiger partial charge in [-0.3, -0.25) is 4.90 Å². The van der Waals surface area contributed by atoms with Crippen LogP contribution in [0.1, 0.15) is 0 Å². The summed E-state index contributed by atoms with van der Waals surface area (Å²) in [7, 11) is 0. The van der Waals surface area contributed by atoms with E-state index in [-0.39, 0.29) is 11.8 Å². The van der Waals surface area contributed by atoms with Crippen LogP contribution in [0.15, 0.2) is 48.7 Å². The van der Waals surface area contributed by atoms with Gasteiger partial charge in [-0.15, -0.1) is 6.42 Å². The molecular weight excluding hydrogens is 431 g/mol. The predicted octanol–water partition coefficient (Wildman–Crippen LogP) is 3.76. The first-order valence-electron chi connectivity index (χ1n) is 10.4. The SMILES string of the molecule is C#CCN(CCOc1cn(-c2ccc(F)cc2)c2ccc(Cl)cc12)CCN1CCNC1=O. The van der Waals surface area contributed by atoms with Crippen molar-refractivity contribution in [1.82, 2.24) is 19.7 Å². The van der Waals surface area contributed by atoms with Gasteiger partial charge in [0.2, 0.25) is 0 Å². The van der Waals surface area contributed by atoms with Crippen molar-refractivity contribution in [2.24, 2.45) is 0 Å². The van der Waals surface area contributed by atoms with E-state index in [1.807, 2.05) is 29.0 Å². The Labute approximate surface area is 191 Å². The minimum atomic E-state index is -0.287. The zero-order valence-corrected chi connectivity index (χ0v) is 18.3. The van der Waals surface area contributed by atoms with E-state index in [4.69, 9.17) is 22.8 Å². The van der Waals surface area contributed by atoms with Crippen LogP contribution in [0.3, 0.4) is 0 Å². The molecule has 1 N–H and O–H groups in total. The molecule has 8 heteroatoms. The van der Waals surface area contributed by atoms with Crippen LogP contribution in [0.2, 0.25) is 5.02 Å². The normalized spacial score (nSPS) is 13.6. The van der Waals surface area contributed by atoms with Gasteiger partial charge in [-0.25, -0.2) is 9.18 Å². The lowest BCUT2D eigenvalue weighted by Crippen LogP contribution is -2.38. The van der Waals surface area contributed by atoms with Gasteiger partial charge in [0.15, 0.2) is 0 Å². The minimum absolute atomic E-state index is 0.0348. The zero-order valence-electron chi connectivity index (χ0n) is 17.6.